The summed E-state index contributed by atoms with van der Waals surface area (Å²) in [6.45, 7) is 0. The summed E-state index contributed by atoms with van der Waals surface area (Å²) in [7, 11) is 0. The number of nitrogens with zero attached hydrogens (tertiary/aromatic N) is 2. The van der Waals surface area contributed by atoms with Crippen LogP contribution in [0.5, 0.6) is 0 Å². The number of hydrogen-bond donors (Lipinski definition) is 0. The Kier molecular flexibility index (Phi) is 7.13. The lowest BCUT2D eigenvalue weighted by Crippen LogP contribution is -2.24. The quantitative estimate of drug-likeness (QED) is 0.156. The van der Waals surface area contributed by atoms with E-state index in [1.807, 2.05) is 22.7 Å². The third kappa shape index (κ3) is 4.73. The van der Waals surface area contributed by atoms with Gasteiger partial charge in [0.1, 0.15) is 0 Å². The Morgan fingerprint density at radius 2 is 1.02 bits per heavy atom. The van der Waals surface area contributed by atoms with Crippen molar-refractivity contribution in [3.8, 4) is 0 Å². The molecule has 1 aliphatic rings. The molecule has 0 radical (unpaired) electrons. The number of fused-ring (bicyclic) bond motifs is 6. The van der Waals surface area contributed by atoms with Crippen LogP contribution >= 0.6 is 22.7 Å². The topological polar surface area (TPSA) is 6.48 Å². The highest BCUT2D eigenvalue weighted by atomic mass is 32.1. The minimum Gasteiger partial charge on any atom is -0.332 e. The van der Waals surface area contributed by atoms with E-state index in [1.165, 1.54) is 95.8 Å². The number of hydrogen-bond acceptors (Lipinski definition) is 4. The fraction of sp³-hybridized carbons (Fsp3) is 0.0385. The summed E-state index contributed by atoms with van der Waals surface area (Å²) < 4.78 is 3.95. The first-order valence-electron chi connectivity index (χ1n) is 19.3. The zero-order valence-corrected chi connectivity index (χ0v) is 32.0. The van der Waals surface area contributed by atoms with Crippen LogP contribution < -0.4 is 9.80 Å². The van der Waals surface area contributed by atoms with Crippen LogP contribution in [-0.2, 0) is 0 Å². The molecule has 1 atom stereocenters. The van der Waals surface area contributed by atoms with Crippen LogP contribution in [-0.4, -0.2) is 0 Å². The molecule has 11 aromatic rings. The minimum absolute atomic E-state index is 0.166. The highest BCUT2D eigenvalue weighted by molar-refractivity contribution is 7.26. The Morgan fingerprint density at radius 1 is 0.429 bits per heavy atom. The molecule has 1 aliphatic carbocycles. The predicted octanol–water partition coefficient (Wildman–Crippen LogP) is 15.9. The van der Waals surface area contributed by atoms with Crippen molar-refractivity contribution in [3.05, 3.63) is 192 Å². The molecule has 4 heteroatoms. The molecule has 56 heavy (non-hydrogen) atoms. The third-order valence-corrected chi connectivity index (χ3v) is 14.2. The molecule has 12 rings (SSSR count). The van der Waals surface area contributed by atoms with Gasteiger partial charge in [0.15, 0.2) is 0 Å². The average Bonchev–Trinajstić information content (AvgIpc) is 3.84. The van der Waals surface area contributed by atoms with E-state index in [1.54, 1.807) is 0 Å². The molecule has 2 heterocycles. The van der Waals surface area contributed by atoms with Crippen molar-refractivity contribution in [1.29, 1.82) is 0 Å². The first kappa shape index (κ1) is 31.8. The van der Waals surface area contributed by atoms with Crippen molar-refractivity contribution >= 4 is 120 Å². The molecule has 0 amide bonds. The lowest BCUT2D eigenvalue weighted by atomic mass is 9.90. The van der Waals surface area contributed by atoms with Crippen LogP contribution in [0, 0.1) is 0 Å². The summed E-state index contributed by atoms with van der Waals surface area (Å²) in [6, 6.07) is 65.2. The SMILES string of the molecule is C1=Cc2c(sc3ccccc23)C(N(c2ccccc2)c2ccc3ccc4c(N(c5ccccc5)c5cccc6c5sc5ccccc56)ccc5ccc2c3c54)C1. The Labute approximate surface area is 332 Å². The Hall–Kier alpha value is -6.46. The van der Waals surface area contributed by atoms with E-state index in [9.17, 15) is 0 Å². The highest BCUT2D eigenvalue weighted by Gasteiger charge is 2.30. The van der Waals surface area contributed by atoms with Gasteiger partial charge in [0.25, 0.3) is 0 Å². The lowest BCUT2D eigenvalue weighted by molar-refractivity contribution is 0.719. The Balaban J connectivity index is 1.11. The standard InChI is InChI=1S/C52H34N2S2/c1-3-13-35(14-4-1)53(45-21-11-19-39-37-17-7-9-23-47(37)55-51(39)45)43-31-27-33-26-30-42-44(32-28-34-25-29-41(43)49(33)50(34)42)54(36-15-5-2-6-16-36)46-22-12-20-40-38-18-8-10-24-48(38)56-52(40)46/h1-21,23-32,46H,22H2. The Morgan fingerprint density at radius 3 is 1.77 bits per heavy atom. The second-order valence-corrected chi connectivity index (χ2v) is 16.9. The van der Waals surface area contributed by atoms with Gasteiger partial charge in [-0.3, -0.25) is 0 Å². The van der Waals surface area contributed by atoms with E-state index in [0.717, 1.165) is 12.1 Å². The van der Waals surface area contributed by atoms with Gasteiger partial charge in [-0.2, -0.15) is 0 Å². The molecule has 0 N–H and O–H groups in total. The number of thiophene rings is 2. The summed E-state index contributed by atoms with van der Waals surface area (Å²) in [5.41, 5.74) is 7.33. The second kappa shape index (κ2) is 12.5. The molecule has 264 valence electrons. The Bertz CT molecular complexity index is 3300. The van der Waals surface area contributed by atoms with Gasteiger partial charge in [-0.25, -0.2) is 0 Å². The van der Waals surface area contributed by atoms with Gasteiger partial charge >= 0.3 is 0 Å². The summed E-state index contributed by atoms with van der Waals surface area (Å²) in [5.74, 6) is 0. The first-order valence-corrected chi connectivity index (χ1v) is 20.9. The maximum Gasteiger partial charge on any atom is 0.0725 e. The fourth-order valence-corrected chi connectivity index (χ4v) is 11.8. The molecule has 0 aliphatic heterocycles. The summed E-state index contributed by atoms with van der Waals surface area (Å²) >= 11 is 3.83. The maximum absolute atomic E-state index is 2.61. The molecule has 2 nitrogen and oxygen atoms in total. The molecule has 0 bridgehead atoms. The molecule has 0 fully saturated rings. The van der Waals surface area contributed by atoms with Gasteiger partial charge in [0.2, 0.25) is 0 Å². The minimum atomic E-state index is 0.166. The van der Waals surface area contributed by atoms with Crippen molar-refractivity contribution in [2.45, 2.75) is 12.5 Å². The highest BCUT2D eigenvalue weighted by Crippen LogP contribution is 2.52. The van der Waals surface area contributed by atoms with Crippen LogP contribution in [0.25, 0.3) is 68.7 Å². The molecule has 0 spiro atoms. The van der Waals surface area contributed by atoms with Gasteiger partial charge in [0, 0.05) is 58.3 Å². The van der Waals surface area contributed by atoms with Gasteiger partial charge < -0.3 is 9.80 Å². The van der Waals surface area contributed by atoms with Gasteiger partial charge in [-0.15, -0.1) is 22.7 Å². The van der Waals surface area contributed by atoms with Crippen molar-refractivity contribution in [2.75, 3.05) is 9.80 Å². The van der Waals surface area contributed by atoms with Crippen molar-refractivity contribution < 1.29 is 0 Å². The molecule has 0 saturated carbocycles. The molecule has 1 unspecified atom stereocenters. The van der Waals surface area contributed by atoms with Crippen LogP contribution in [0.3, 0.4) is 0 Å². The maximum atomic E-state index is 2.61. The van der Waals surface area contributed by atoms with Crippen LogP contribution in [0.4, 0.5) is 28.4 Å². The van der Waals surface area contributed by atoms with Gasteiger partial charge in [-0.05, 0) is 88.1 Å². The number of anilines is 5. The molecule has 2 aromatic heterocycles. The fourth-order valence-electron chi connectivity index (χ4n) is 9.29. The molecular formula is C52H34N2S2. The van der Waals surface area contributed by atoms with Crippen molar-refractivity contribution in [2.24, 2.45) is 0 Å². The van der Waals surface area contributed by atoms with E-state index >= 15 is 0 Å². The summed E-state index contributed by atoms with van der Waals surface area (Å²) in [5, 5.41) is 11.6. The van der Waals surface area contributed by atoms with E-state index in [2.05, 4.69) is 198 Å². The zero-order valence-electron chi connectivity index (χ0n) is 30.4. The predicted molar refractivity (Wildman–Crippen MR) is 245 cm³/mol. The van der Waals surface area contributed by atoms with E-state index in [4.69, 9.17) is 0 Å². The molecule has 0 saturated heterocycles. The summed E-state index contributed by atoms with van der Waals surface area (Å²) in [4.78, 5) is 6.53. The van der Waals surface area contributed by atoms with E-state index in [-0.39, 0.29) is 6.04 Å². The van der Waals surface area contributed by atoms with E-state index < -0.39 is 0 Å². The lowest BCUT2D eigenvalue weighted by Gasteiger charge is -2.36. The van der Waals surface area contributed by atoms with Gasteiger partial charge in [-0.1, -0.05) is 133 Å². The van der Waals surface area contributed by atoms with Crippen LogP contribution in [0.15, 0.2) is 182 Å². The second-order valence-electron chi connectivity index (χ2n) is 14.8. The number of benzene rings is 9. The van der Waals surface area contributed by atoms with Gasteiger partial charge in [0.05, 0.1) is 22.1 Å². The van der Waals surface area contributed by atoms with Crippen LogP contribution in [0.1, 0.15) is 22.9 Å². The van der Waals surface area contributed by atoms with Crippen molar-refractivity contribution in [1.82, 2.24) is 0 Å². The van der Waals surface area contributed by atoms with Crippen molar-refractivity contribution in [3.63, 3.8) is 0 Å². The molecular weight excluding hydrogens is 717 g/mol. The zero-order chi connectivity index (χ0) is 36.7. The smallest absolute Gasteiger partial charge is 0.0725 e. The van der Waals surface area contributed by atoms with E-state index in [0.29, 0.717) is 0 Å². The monoisotopic (exact) mass is 750 g/mol. The largest absolute Gasteiger partial charge is 0.332 e. The average molecular weight is 751 g/mol. The number of para-hydroxylation sites is 2. The first-order chi connectivity index (χ1) is 27.8. The normalized spacial score (nSPS) is 14.1. The summed E-state index contributed by atoms with van der Waals surface area (Å²) in [6.07, 6.45) is 5.66. The molecule has 9 aromatic carbocycles. The van der Waals surface area contributed by atoms with Crippen LogP contribution in [0.2, 0.25) is 0 Å². The third-order valence-electron chi connectivity index (χ3n) is 11.7. The number of rotatable bonds is 6.